The average Bonchev–Trinajstić information content (AvgIpc) is 2.32. The van der Waals surface area contributed by atoms with Crippen LogP contribution >= 0.6 is 0 Å². The van der Waals surface area contributed by atoms with E-state index in [2.05, 4.69) is 18.7 Å². The molecule has 0 fully saturated rings. The van der Waals surface area contributed by atoms with E-state index in [1.54, 1.807) is 6.07 Å². The minimum atomic E-state index is 0.00572. The number of hydrogen-bond acceptors (Lipinski definition) is 3. The van der Waals surface area contributed by atoms with Crippen LogP contribution < -0.4 is 0 Å². The van der Waals surface area contributed by atoms with Gasteiger partial charge in [-0.1, -0.05) is 19.9 Å². The molecule has 0 aromatic heterocycles. The maximum absolute atomic E-state index is 9.73. The molecule has 0 amide bonds. The molecule has 1 atom stereocenters. The third-order valence-electron chi connectivity index (χ3n) is 3.75. The Morgan fingerprint density at radius 1 is 1.17 bits per heavy atom. The summed E-state index contributed by atoms with van der Waals surface area (Å²) in [7, 11) is 0. The van der Waals surface area contributed by atoms with Gasteiger partial charge in [-0.25, -0.2) is 0 Å². The van der Waals surface area contributed by atoms with Crippen LogP contribution in [0, 0.1) is 0 Å². The lowest BCUT2D eigenvalue weighted by Crippen LogP contribution is -2.34. The van der Waals surface area contributed by atoms with Crippen molar-refractivity contribution in [2.75, 3.05) is 19.6 Å². The van der Waals surface area contributed by atoms with Crippen LogP contribution in [0.3, 0.4) is 0 Å². The minimum absolute atomic E-state index is 0.00572. The van der Waals surface area contributed by atoms with E-state index in [0.29, 0.717) is 5.92 Å². The molecule has 0 spiro atoms. The van der Waals surface area contributed by atoms with Crippen molar-refractivity contribution in [3.05, 3.63) is 23.3 Å². The molecule has 0 bridgehead atoms. The maximum Gasteiger partial charge on any atom is 0.160 e. The van der Waals surface area contributed by atoms with Crippen molar-refractivity contribution in [1.29, 1.82) is 0 Å². The number of fused-ring (bicyclic) bond motifs is 1. The van der Waals surface area contributed by atoms with E-state index in [1.165, 1.54) is 18.4 Å². The van der Waals surface area contributed by atoms with Crippen molar-refractivity contribution in [2.45, 2.75) is 39.0 Å². The summed E-state index contributed by atoms with van der Waals surface area (Å²) in [5, 5.41) is 19.2. The van der Waals surface area contributed by atoms with E-state index >= 15 is 0 Å². The van der Waals surface area contributed by atoms with Crippen molar-refractivity contribution in [3.8, 4) is 11.5 Å². The Morgan fingerprint density at radius 3 is 2.44 bits per heavy atom. The second-order valence-corrected chi connectivity index (χ2v) is 5.20. The Morgan fingerprint density at radius 2 is 1.83 bits per heavy atom. The summed E-state index contributed by atoms with van der Waals surface area (Å²) in [6, 6.07) is 3.55. The normalized spacial score (nSPS) is 17.6. The third-order valence-corrected chi connectivity index (χ3v) is 3.75. The Balaban J connectivity index is 2.02. The molecule has 1 aromatic carbocycles. The summed E-state index contributed by atoms with van der Waals surface area (Å²) < 4.78 is 0. The van der Waals surface area contributed by atoms with Gasteiger partial charge in [0.15, 0.2) is 11.5 Å². The zero-order chi connectivity index (χ0) is 13.1. The van der Waals surface area contributed by atoms with Gasteiger partial charge in [-0.05, 0) is 44.0 Å². The van der Waals surface area contributed by atoms with Crippen molar-refractivity contribution < 1.29 is 10.2 Å². The van der Waals surface area contributed by atoms with Gasteiger partial charge in [0, 0.05) is 18.0 Å². The first kappa shape index (κ1) is 13.2. The van der Waals surface area contributed by atoms with E-state index in [1.807, 2.05) is 6.07 Å². The van der Waals surface area contributed by atoms with Crippen LogP contribution in [0.1, 0.15) is 43.7 Å². The lowest BCUT2D eigenvalue weighted by atomic mass is 9.76. The number of phenols is 2. The number of benzene rings is 1. The summed E-state index contributed by atoms with van der Waals surface area (Å²) >= 11 is 0. The molecule has 1 aliphatic rings. The topological polar surface area (TPSA) is 43.7 Å². The van der Waals surface area contributed by atoms with Crippen molar-refractivity contribution in [3.63, 3.8) is 0 Å². The van der Waals surface area contributed by atoms with Crippen molar-refractivity contribution in [2.24, 2.45) is 0 Å². The van der Waals surface area contributed by atoms with E-state index in [-0.39, 0.29) is 11.5 Å². The number of hydrogen-bond donors (Lipinski definition) is 2. The summed E-state index contributed by atoms with van der Waals surface area (Å²) in [6.45, 7) is 7.77. The zero-order valence-electron chi connectivity index (χ0n) is 11.3. The van der Waals surface area contributed by atoms with Gasteiger partial charge in [0.1, 0.15) is 0 Å². The Hall–Kier alpha value is -1.22. The van der Waals surface area contributed by atoms with E-state index in [4.69, 9.17) is 0 Å². The zero-order valence-corrected chi connectivity index (χ0v) is 11.3. The van der Waals surface area contributed by atoms with Gasteiger partial charge in [-0.2, -0.15) is 0 Å². The smallest absolute Gasteiger partial charge is 0.160 e. The van der Waals surface area contributed by atoms with Crippen LogP contribution in [0.2, 0.25) is 0 Å². The number of phenolic OH excluding ortho intramolecular Hbond substituents is 2. The molecule has 3 nitrogen and oxygen atoms in total. The molecule has 1 aromatic rings. The van der Waals surface area contributed by atoms with Crippen LogP contribution in [0.4, 0.5) is 0 Å². The van der Waals surface area contributed by atoms with E-state index < -0.39 is 0 Å². The molecule has 0 saturated heterocycles. The molecule has 18 heavy (non-hydrogen) atoms. The summed E-state index contributed by atoms with van der Waals surface area (Å²) in [4.78, 5) is 2.50. The molecule has 1 unspecified atom stereocenters. The lowest BCUT2D eigenvalue weighted by molar-refractivity contribution is 0.246. The average molecular weight is 249 g/mol. The van der Waals surface area contributed by atoms with E-state index in [0.717, 1.165) is 31.6 Å². The SMILES string of the molecule is CCCN(CCC)CC1Cc2c1ccc(O)c2O. The van der Waals surface area contributed by atoms with Crippen molar-refractivity contribution in [1.82, 2.24) is 4.90 Å². The van der Waals surface area contributed by atoms with Crippen LogP contribution in [0.5, 0.6) is 11.5 Å². The summed E-state index contributed by atoms with van der Waals surface area (Å²) in [6.07, 6.45) is 3.25. The monoisotopic (exact) mass is 249 g/mol. The van der Waals surface area contributed by atoms with Gasteiger partial charge in [0.25, 0.3) is 0 Å². The predicted octanol–water partition coefficient (Wildman–Crippen LogP) is 2.86. The molecular formula is C15H23NO2. The van der Waals surface area contributed by atoms with Crippen molar-refractivity contribution >= 4 is 0 Å². The molecule has 3 heteroatoms. The number of aromatic hydroxyl groups is 2. The fraction of sp³-hybridized carbons (Fsp3) is 0.600. The third kappa shape index (κ3) is 2.46. The largest absolute Gasteiger partial charge is 0.504 e. The molecular weight excluding hydrogens is 226 g/mol. The predicted molar refractivity (Wildman–Crippen MR) is 73.2 cm³/mol. The van der Waals surface area contributed by atoms with Gasteiger partial charge < -0.3 is 15.1 Å². The first-order valence-corrected chi connectivity index (χ1v) is 6.93. The molecule has 1 aliphatic carbocycles. The van der Waals surface area contributed by atoms with Crippen LogP contribution in [0.15, 0.2) is 12.1 Å². The molecule has 2 N–H and O–H groups in total. The molecule has 2 rings (SSSR count). The van der Waals surface area contributed by atoms with Gasteiger partial charge >= 0.3 is 0 Å². The number of nitrogens with zero attached hydrogens (tertiary/aromatic N) is 1. The van der Waals surface area contributed by atoms with Crippen LogP contribution in [-0.2, 0) is 6.42 Å². The Kier molecular flexibility index (Phi) is 4.12. The minimum Gasteiger partial charge on any atom is -0.504 e. The molecule has 0 saturated carbocycles. The molecule has 0 aliphatic heterocycles. The highest BCUT2D eigenvalue weighted by atomic mass is 16.3. The Bertz CT molecular complexity index is 411. The first-order chi connectivity index (χ1) is 8.67. The highest BCUT2D eigenvalue weighted by molar-refractivity contribution is 5.55. The number of rotatable bonds is 6. The molecule has 100 valence electrons. The highest BCUT2D eigenvalue weighted by Gasteiger charge is 2.31. The maximum atomic E-state index is 9.73. The fourth-order valence-electron chi connectivity index (χ4n) is 2.86. The second kappa shape index (κ2) is 5.61. The fourth-order valence-corrected chi connectivity index (χ4v) is 2.86. The highest BCUT2D eigenvalue weighted by Crippen LogP contribution is 2.44. The van der Waals surface area contributed by atoms with Gasteiger partial charge in [0.2, 0.25) is 0 Å². The van der Waals surface area contributed by atoms with Gasteiger partial charge in [-0.15, -0.1) is 0 Å². The second-order valence-electron chi connectivity index (χ2n) is 5.20. The Labute approximate surface area is 109 Å². The summed E-state index contributed by atoms with van der Waals surface area (Å²) in [5.74, 6) is 0.608. The summed E-state index contributed by atoms with van der Waals surface area (Å²) in [5.41, 5.74) is 2.15. The standard InChI is InChI=1S/C15H23NO2/c1-3-7-16(8-4-2)10-11-9-13-12(11)5-6-14(17)15(13)18/h5-6,11,17-18H,3-4,7-10H2,1-2H3. The molecule has 0 heterocycles. The van der Waals surface area contributed by atoms with Gasteiger partial charge in [0.05, 0.1) is 0 Å². The lowest BCUT2D eigenvalue weighted by Gasteiger charge is -2.35. The first-order valence-electron chi connectivity index (χ1n) is 6.93. The van der Waals surface area contributed by atoms with Gasteiger partial charge in [-0.3, -0.25) is 0 Å². The van der Waals surface area contributed by atoms with E-state index in [9.17, 15) is 10.2 Å². The molecule has 0 radical (unpaired) electrons. The van der Waals surface area contributed by atoms with Crippen LogP contribution in [-0.4, -0.2) is 34.7 Å². The van der Waals surface area contributed by atoms with Crippen LogP contribution in [0.25, 0.3) is 0 Å². The quantitative estimate of drug-likeness (QED) is 0.762.